The zero-order chi connectivity index (χ0) is 15.0. The fourth-order valence-corrected chi connectivity index (χ4v) is 1.56. The van der Waals surface area contributed by atoms with Crippen LogP contribution < -0.4 is 20.5 Å². The molecule has 21 heavy (non-hydrogen) atoms. The monoisotopic (exact) mass is 316 g/mol. The minimum atomic E-state index is -0.172. The zero-order valence-electron chi connectivity index (χ0n) is 12.8. The lowest BCUT2D eigenvalue weighted by molar-refractivity contribution is -0.124. The predicted octanol–water partition coefficient (Wildman–Crippen LogP) is 1.99. The maximum Gasteiger partial charge on any atom is 0.224 e. The molecule has 0 bridgehead atoms. The third-order valence-corrected chi connectivity index (χ3v) is 3.13. The van der Waals surface area contributed by atoms with Gasteiger partial charge in [0.05, 0.1) is 13.7 Å². The third kappa shape index (κ3) is 7.20. The largest absolute Gasteiger partial charge is 0.497 e. The number of ether oxygens (including phenoxy) is 2. The number of hydrogen-bond acceptors (Lipinski definition) is 4. The van der Waals surface area contributed by atoms with E-state index in [0.29, 0.717) is 13.2 Å². The molecule has 0 saturated carbocycles. The van der Waals surface area contributed by atoms with Crippen molar-refractivity contribution in [1.29, 1.82) is 0 Å². The minimum absolute atomic E-state index is 0. The average molecular weight is 317 g/mol. The smallest absolute Gasteiger partial charge is 0.224 e. The molecule has 1 aromatic rings. The van der Waals surface area contributed by atoms with E-state index in [4.69, 9.17) is 15.2 Å². The van der Waals surface area contributed by atoms with E-state index in [1.807, 2.05) is 38.1 Å². The Bertz CT molecular complexity index is 427. The number of carbonyl (C=O) groups excluding carboxylic acids is 1. The Kier molecular flexibility index (Phi) is 9.58. The summed E-state index contributed by atoms with van der Waals surface area (Å²) in [5.74, 6) is 1.34. The van der Waals surface area contributed by atoms with Crippen LogP contribution in [-0.4, -0.2) is 32.2 Å². The van der Waals surface area contributed by atoms with E-state index in [2.05, 4.69) is 5.32 Å². The number of nitrogens with two attached hydrogens (primary N) is 1. The molecule has 5 nitrogen and oxygen atoms in total. The van der Waals surface area contributed by atoms with Crippen molar-refractivity contribution in [1.82, 2.24) is 5.32 Å². The van der Waals surface area contributed by atoms with Gasteiger partial charge in [-0.1, -0.05) is 13.0 Å². The molecule has 1 rings (SSSR count). The van der Waals surface area contributed by atoms with E-state index in [-0.39, 0.29) is 30.3 Å². The summed E-state index contributed by atoms with van der Waals surface area (Å²) in [7, 11) is 1.62. The molecule has 6 heteroatoms. The second kappa shape index (κ2) is 10.3. The summed E-state index contributed by atoms with van der Waals surface area (Å²) < 4.78 is 10.7. The molecule has 0 radical (unpaired) electrons. The van der Waals surface area contributed by atoms with Gasteiger partial charge >= 0.3 is 0 Å². The molecule has 1 aromatic carbocycles. The van der Waals surface area contributed by atoms with Gasteiger partial charge in [0.15, 0.2) is 0 Å². The number of halogens is 1. The number of hydrogen-bond donors (Lipinski definition) is 2. The first-order valence-corrected chi connectivity index (χ1v) is 6.84. The minimum Gasteiger partial charge on any atom is -0.497 e. The molecule has 120 valence electrons. The Morgan fingerprint density at radius 2 is 2.00 bits per heavy atom. The Morgan fingerprint density at radius 1 is 1.33 bits per heavy atom. The Morgan fingerprint density at radius 3 is 2.62 bits per heavy atom. The lowest BCUT2D eigenvalue weighted by atomic mass is 10.0. The second-order valence-electron chi connectivity index (χ2n) is 4.82. The van der Waals surface area contributed by atoms with Crippen molar-refractivity contribution < 1.29 is 14.3 Å². The molecule has 0 saturated heterocycles. The van der Waals surface area contributed by atoms with Gasteiger partial charge in [0, 0.05) is 24.6 Å². The summed E-state index contributed by atoms with van der Waals surface area (Å²) in [6.45, 7) is 4.78. The van der Waals surface area contributed by atoms with E-state index in [1.165, 1.54) is 0 Å². The standard InChI is InChI=1S/C15H24N2O3.ClH/c1-11(12(2)16)15(18)17-8-5-9-20-14-7-4-6-13(10-14)19-3;/h4,6-7,10-12H,5,8-9,16H2,1-3H3,(H,17,18);1H. The van der Waals surface area contributed by atoms with Crippen LogP contribution in [0.25, 0.3) is 0 Å². The molecule has 0 aliphatic rings. The molecule has 3 N–H and O–H groups in total. The molecular weight excluding hydrogens is 292 g/mol. The number of rotatable bonds is 8. The van der Waals surface area contributed by atoms with E-state index in [0.717, 1.165) is 17.9 Å². The lowest BCUT2D eigenvalue weighted by Crippen LogP contribution is -2.39. The number of methoxy groups -OCH3 is 1. The summed E-state index contributed by atoms with van der Waals surface area (Å²) in [6.07, 6.45) is 0.745. The first kappa shape index (κ1) is 19.5. The molecular formula is C15H25ClN2O3. The van der Waals surface area contributed by atoms with Gasteiger partial charge in [-0.25, -0.2) is 0 Å². The fourth-order valence-electron chi connectivity index (χ4n) is 1.56. The molecule has 0 aliphatic heterocycles. The highest BCUT2D eigenvalue weighted by molar-refractivity contribution is 5.85. The molecule has 0 aliphatic carbocycles. The Hall–Kier alpha value is -1.46. The van der Waals surface area contributed by atoms with Crippen molar-refractivity contribution in [3.63, 3.8) is 0 Å². The quantitative estimate of drug-likeness (QED) is 0.719. The lowest BCUT2D eigenvalue weighted by Gasteiger charge is -2.15. The zero-order valence-corrected chi connectivity index (χ0v) is 13.6. The highest BCUT2D eigenvalue weighted by Crippen LogP contribution is 2.18. The van der Waals surface area contributed by atoms with E-state index in [1.54, 1.807) is 7.11 Å². The van der Waals surface area contributed by atoms with Gasteiger partial charge in [-0.3, -0.25) is 4.79 Å². The van der Waals surface area contributed by atoms with Crippen LogP contribution in [0.15, 0.2) is 24.3 Å². The van der Waals surface area contributed by atoms with Gasteiger partial charge in [-0.15, -0.1) is 12.4 Å². The molecule has 1 amide bonds. The van der Waals surface area contributed by atoms with E-state index in [9.17, 15) is 4.79 Å². The maximum absolute atomic E-state index is 11.7. The van der Waals surface area contributed by atoms with Gasteiger partial charge in [0.1, 0.15) is 11.5 Å². The van der Waals surface area contributed by atoms with Crippen LogP contribution in [0, 0.1) is 5.92 Å². The van der Waals surface area contributed by atoms with Gasteiger partial charge in [0.2, 0.25) is 5.91 Å². The molecule has 0 spiro atoms. The highest BCUT2D eigenvalue weighted by atomic mass is 35.5. The van der Waals surface area contributed by atoms with Crippen LogP contribution >= 0.6 is 12.4 Å². The summed E-state index contributed by atoms with van der Waals surface area (Å²) in [4.78, 5) is 11.7. The van der Waals surface area contributed by atoms with Crippen LogP contribution in [0.4, 0.5) is 0 Å². The van der Waals surface area contributed by atoms with Crippen LogP contribution in [0.5, 0.6) is 11.5 Å². The number of amides is 1. The van der Waals surface area contributed by atoms with Crippen LogP contribution in [0.1, 0.15) is 20.3 Å². The fraction of sp³-hybridized carbons (Fsp3) is 0.533. The predicted molar refractivity (Wildman–Crippen MR) is 86.2 cm³/mol. The van der Waals surface area contributed by atoms with Gasteiger partial charge in [-0.05, 0) is 25.5 Å². The third-order valence-electron chi connectivity index (χ3n) is 3.13. The molecule has 2 atom stereocenters. The van der Waals surface area contributed by atoms with Crippen molar-refractivity contribution in [2.45, 2.75) is 26.3 Å². The molecule has 0 heterocycles. The van der Waals surface area contributed by atoms with E-state index < -0.39 is 0 Å². The van der Waals surface area contributed by atoms with Crippen molar-refractivity contribution in [3.8, 4) is 11.5 Å². The summed E-state index contributed by atoms with van der Waals surface area (Å²) in [5, 5.41) is 2.85. The van der Waals surface area contributed by atoms with Crippen molar-refractivity contribution in [2.24, 2.45) is 11.7 Å². The van der Waals surface area contributed by atoms with Crippen molar-refractivity contribution in [3.05, 3.63) is 24.3 Å². The van der Waals surface area contributed by atoms with E-state index >= 15 is 0 Å². The van der Waals surface area contributed by atoms with Crippen molar-refractivity contribution >= 4 is 18.3 Å². The Labute approximate surface area is 132 Å². The van der Waals surface area contributed by atoms with Gasteiger partial charge in [0.25, 0.3) is 0 Å². The molecule has 0 fully saturated rings. The van der Waals surface area contributed by atoms with Gasteiger partial charge in [-0.2, -0.15) is 0 Å². The molecule has 2 unspecified atom stereocenters. The SMILES string of the molecule is COc1cccc(OCCCNC(=O)C(C)C(C)N)c1.Cl. The highest BCUT2D eigenvalue weighted by Gasteiger charge is 2.15. The normalized spacial score (nSPS) is 12.8. The Balaban J connectivity index is 0.00000400. The first-order chi connectivity index (χ1) is 9.54. The second-order valence-corrected chi connectivity index (χ2v) is 4.82. The van der Waals surface area contributed by atoms with Crippen LogP contribution in [0.2, 0.25) is 0 Å². The topological polar surface area (TPSA) is 73.6 Å². The number of benzene rings is 1. The number of carbonyl (C=O) groups is 1. The first-order valence-electron chi connectivity index (χ1n) is 6.84. The van der Waals surface area contributed by atoms with Crippen molar-refractivity contribution in [2.75, 3.05) is 20.3 Å². The average Bonchev–Trinajstić information content (AvgIpc) is 2.45. The summed E-state index contributed by atoms with van der Waals surface area (Å²) in [5.41, 5.74) is 5.67. The molecule has 0 aromatic heterocycles. The van der Waals surface area contributed by atoms with Crippen LogP contribution in [0.3, 0.4) is 0 Å². The summed E-state index contributed by atoms with van der Waals surface area (Å²) >= 11 is 0. The maximum atomic E-state index is 11.7. The summed E-state index contributed by atoms with van der Waals surface area (Å²) in [6, 6.07) is 7.31. The van der Waals surface area contributed by atoms with Gasteiger partial charge < -0.3 is 20.5 Å². The number of nitrogens with one attached hydrogen (secondary N) is 1. The van der Waals surface area contributed by atoms with Crippen LogP contribution in [-0.2, 0) is 4.79 Å².